The molecule has 3 N–H and O–H groups in total. The number of amides is 1. The van der Waals surface area contributed by atoms with Crippen molar-refractivity contribution in [3.05, 3.63) is 0 Å². The Morgan fingerprint density at radius 1 is 1.38 bits per heavy atom. The lowest BCUT2D eigenvalue weighted by atomic mass is 10.0. The zero-order valence-electron chi connectivity index (χ0n) is 11.1. The summed E-state index contributed by atoms with van der Waals surface area (Å²) in [5, 5.41) is 2.86. The van der Waals surface area contributed by atoms with Crippen molar-refractivity contribution in [2.75, 3.05) is 12.8 Å². The molecule has 16 heavy (non-hydrogen) atoms. The van der Waals surface area contributed by atoms with Gasteiger partial charge in [-0.1, -0.05) is 13.8 Å². The molecular formula is C11H24N2O2S. The molecular weight excluding hydrogens is 224 g/mol. The maximum Gasteiger partial charge on any atom is 0.235 e. The maximum atomic E-state index is 11.1. The topological polar surface area (TPSA) is 72.2 Å². The number of nitrogens with two attached hydrogens (primary N) is 1. The van der Waals surface area contributed by atoms with Crippen LogP contribution in [0.2, 0.25) is 0 Å². The van der Waals surface area contributed by atoms with Crippen LogP contribution in [0.4, 0.5) is 0 Å². The molecule has 0 heterocycles. The molecule has 0 aromatic rings. The molecule has 0 radical (unpaired) electrons. The minimum absolute atomic E-state index is 0.0994. The van der Waals surface area contributed by atoms with Crippen LogP contribution in [0.3, 0.4) is 0 Å². The number of carbonyl (C=O) groups excluding carboxylic acids is 2. The molecule has 0 bridgehead atoms. The SMILES string of the molecule is CC.CNC(C(N)=O)C(C)(C)SCC(C)=O. The van der Waals surface area contributed by atoms with Gasteiger partial charge in [-0.05, 0) is 27.8 Å². The largest absolute Gasteiger partial charge is 0.368 e. The van der Waals surface area contributed by atoms with E-state index in [-0.39, 0.29) is 10.5 Å². The smallest absolute Gasteiger partial charge is 0.235 e. The Morgan fingerprint density at radius 2 is 1.81 bits per heavy atom. The molecule has 0 aliphatic rings. The normalized spacial score (nSPS) is 12.4. The van der Waals surface area contributed by atoms with Gasteiger partial charge in [0, 0.05) is 4.75 Å². The van der Waals surface area contributed by atoms with Crippen molar-refractivity contribution in [1.29, 1.82) is 0 Å². The predicted octanol–water partition coefficient (Wildman–Crippen LogP) is 1.19. The van der Waals surface area contributed by atoms with Gasteiger partial charge >= 0.3 is 0 Å². The number of carbonyl (C=O) groups is 2. The number of ketones is 1. The van der Waals surface area contributed by atoms with E-state index in [1.54, 1.807) is 7.05 Å². The Morgan fingerprint density at radius 3 is 2.06 bits per heavy atom. The lowest BCUT2D eigenvalue weighted by Crippen LogP contribution is -2.52. The van der Waals surface area contributed by atoms with E-state index in [1.165, 1.54) is 18.7 Å². The van der Waals surface area contributed by atoms with Crippen LogP contribution in [-0.4, -0.2) is 35.3 Å². The van der Waals surface area contributed by atoms with Gasteiger partial charge < -0.3 is 11.1 Å². The third-order valence-corrected chi connectivity index (χ3v) is 3.45. The van der Waals surface area contributed by atoms with Crippen molar-refractivity contribution in [2.45, 2.75) is 45.4 Å². The summed E-state index contributed by atoms with van der Waals surface area (Å²) in [6.07, 6.45) is 0. The molecule has 0 aromatic carbocycles. The number of hydrogen-bond donors (Lipinski definition) is 2. The highest BCUT2D eigenvalue weighted by atomic mass is 32.2. The average molecular weight is 248 g/mol. The number of likely N-dealkylation sites (N-methyl/N-ethyl adjacent to an activating group) is 1. The van der Waals surface area contributed by atoms with Crippen LogP contribution < -0.4 is 11.1 Å². The minimum atomic E-state index is -0.424. The van der Waals surface area contributed by atoms with Gasteiger partial charge in [-0.2, -0.15) is 0 Å². The Balaban J connectivity index is 0. The summed E-state index contributed by atoms with van der Waals surface area (Å²) in [5.74, 6) is 0.106. The first-order valence-electron chi connectivity index (χ1n) is 5.41. The van der Waals surface area contributed by atoms with E-state index in [1.807, 2.05) is 27.7 Å². The van der Waals surface area contributed by atoms with E-state index in [0.29, 0.717) is 5.75 Å². The fourth-order valence-electron chi connectivity index (χ4n) is 1.20. The summed E-state index contributed by atoms with van der Waals surface area (Å²) < 4.78 is -0.369. The molecule has 1 amide bonds. The van der Waals surface area contributed by atoms with Crippen molar-refractivity contribution in [3.63, 3.8) is 0 Å². The van der Waals surface area contributed by atoms with E-state index in [0.717, 1.165) is 0 Å². The Kier molecular flexibility index (Phi) is 9.57. The van der Waals surface area contributed by atoms with Crippen LogP contribution >= 0.6 is 11.8 Å². The second-order valence-corrected chi connectivity index (χ2v) is 5.35. The van der Waals surface area contributed by atoms with Crippen molar-refractivity contribution in [1.82, 2.24) is 5.32 Å². The van der Waals surface area contributed by atoms with Gasteiger partial charge in [-0.3, -0.25) is 9.59 Å². The molecule has 0 aliphatic heterocycles. The first kappa shape index (κ1) is 17.8. The quantitative estimate of drug-likeness (QED) is 0.740. The van der Waals surface area contributed by atoms with Gasteiger partial charge in [0.25, 0.3) is 0 Å². The lowest BCUT2D eigenvalue weighted by molar-refractivity contribution is -0.120. The average Bonchev–Trinajstić information content (AvgIpc) is 2.18. The highest BCUT2D eigenvalue weighted by molar-refractivity contribution is 8.01. The van der Waals surface area contributed by atoms with E-state index in [4.69, 9.17) is 5.73 Å². The Labute approximate surface area is 103 Å². The summed E-state index contributed by atoms with van der Waals surface area (Å²) in [7, 11) is 1.69. The first-order chi connectivity index (χ1) is 7.31. The predicted molar refractivity (Wildman–Crippen MR) is 70.6 cm³/mol. The molecule has 96 valence electrons. The van der Waals surface area contributed by atoms with E-state index < -0.39 is 11.9 Å². The molecule has 0 aromatic heterocycles. The van der Waals surface area contributed by atoms with Crippen LogP contribution in [0.15, 0.2) is 0 Å². The summed E-state index contributed by atoms with van der Waals surface area (Å²) >= 11 is 1.43. The highest BCUT2D eigenvalue weighted by Gasteiger charge is 2.33. The lowest BCUT2D eigenvalue weighted by Gasteiger charge is -2.30. The van der Waals surface area contributed by atoms with E-state index >= 15 is 0 Å². The molecule has 0 rings (SSSR count). The van der Waals surface area contributed by atoms with Gasteiger partial charge in [-0.25, -0.2) is 0 Å². The second kappa shape index (κ2) is 8.58. The molecule has 1 atom stereocenters. The van der Waals surface area contributed by atoms with Gasteiger partial charge in [0.1, 0.15) is 11.8 Å². The molecule has 0 aliphatic carbocycles. The third-order valence-electron chi connectivity index (χ3n) is 1.92. The molecule has 5 heteroatoms. The fraction of sp³-hybridized carbons (Fsp3) is 0.818. The zero-order chi connectivity index (χ0) is 13.4. The van der Waals surface area contributed by atoms with Gasteiger partial charge in [0.05, 0.1) is 5.75 Å². The monoisotopic (exact) mass is 248 g/mol. The van der Waals surface area contributed by atoms with E-state index in [2.05, 4.69) is 5.32 Å². The minimum Gasteiger partial charge on any atom is -0.368 e. The Bertz CT molecular complexity index is 230. The number of rotatable bonds is 6. The van der Waals surface area contributed by atoms with Crippen LogP contribution in [0.5, 0.6) is 0 Å². The molecule has 0 spiro atoms. The van der Waals surface area contributed by atoms with Gasteiger partial charge in [0.15, 0.2) is 0 Å². The maximum absolute atomic E-state index is 11.1. The summed E-state index contributed by atoms with van der Waals surface area (Å²) in [4.78, 5) is 21.9. The third kappa shape index (κ3) is 6.85. The van der Waals surface area contributed by atoms with Crippen LogP contribution in [0, 0.1) is 0 Å². The standard InChI is InChI=1S/C9H18N2O2S.C2H6/c1-6(12)5-14-9(2,3)7(11-4)8(10)13;1-2/h7,11H,5H2,1-4H3,(H2,10,13);1-2H3. The number of hydrogen-bond acceptors (Lipinski definition) is 4. The van der Waals surface area contributed by atoms with Crippen molar-refractivity contribution in [3.8, 4) is 0 Å². The number of Topliss-reactive ketones (excluding diaryl/α,β-unsaturated/α-hetero) is 1. The van der Waals surface area contributed by atoms with Gasteiger partial charge in [-0.15, -0.1) is 11.8 Å². The summed E-state index contributed by atoms with van der Waals surface area (Å²) in [6.45, 7) is 9.32. The highest BCUT2D eigenvalue weighted by Crippen LogP contribution is 2.27. The fourth-order valence-corrected chi connectivity index (χ4v) is 2.18. The molecule has 4 nitrogen and oxygen atoms in total. The molecule has 0 saturated heterocycles. The molecule has 0 saturated carbocycles. The van der Waals surface area contributed by atoms with Crippen LogP contribution in [0.25, 0.3) is 0 Å². The Hall–Kier alpha value is -0.550. The van der Waals surface area contributed by atoms with E-state index in [9.17, 15) is 9.59 Å². The second-order valence-electron chi connectivity index (χ2n) is 3.72. The first-order valence-corrected chi connectivity index (χ1v) is 6.39. The molecule has 1 unspecified atom stereocenters. The number of thioether (sulfide) groups is 1. The molecule has 0 fully saturated rings. The van der Waals surface area contributed by atoms with Crippen molar-refractivity contribution in [2.24, 2.45) is 5.73 Å². The van der Waals surface area contributed by atoms with Crippen LogP contribution in [-0.2, 0) is 9.59 Å². The summed E-state index contributed by atoms with van der Waals surface area (Å²) in [6, 6.07) is -0.424. The summed E-state index contributed by atoms with van der Waals surface area (Å²) in [5.41, 5.74) is 5.24. The number of primary amides is 1. The van der Waals surface area contributed by atoms with Crippen molar-refractivity contribution < 1.29 is 9.59 Å². The number of nitrogens with one attached hydrogen (secondary N) is 1. The van der Waals surface area contributed by atoms with Crippen molar-refractivity contribution >= 4 is 23.5 Å². The van der Waals surface area contributed by atoms with Gasteiger partial charge in [0.2, 0.25) is 5.91 Å². The zero-order valence-corrected chi connectivity index (χ0v) is 11.9. The van der Waals surface area contributed by atoms with Crippen LogP contribution in [0.1, 0.15) is 34.6 Å².